The molecule has 0 atom stereocenters. The van der Waals surface area contributed by atoms with Crippen LogP contribution < -0.4 is 0 Å². The van der Waals surface area contributed by atoms with Crippen LogP contribution in [0.3, 0.4) is 0 Å². The summed E-state index contributed by atoms with van der Waals surface area (Å²) in [5.41, 5.74) is 1.87. The van der Waals surface area contributed by atoms with E-state index in [9.17, 15) is 0 Å². The minimum Gasteiger partial charge on any atom is -0.392 e. The van der Waals surface area contributed by atoms with Crippen LogP contribution in [0.5, 0.6) is 0 Å². The number of aliphatic hydroxyl groups excluding tert-OH is 1. The van der Waals surface area contributed by atoms with Crippen molar-refractivity contribution < 1.29 is 14.6 Å². The molecule has 1 aliphatic rings. The van der Waals surface area contributed by atoms with Crippen molar-refractivity contribution in [3.63, 3.8) is 0 Å². The van der Waals surface area contributed by atoms with Gasteiger partial charge >= 0.3 is 0 Å². The first-order chi connectivity index (χ1) is 6.90. The van der Waals surface area contributed by atoms with Crippen molar-refractivity contribution in [2.75, 3.05) is 13.2 Å². The molecule has 0 spiro atoms. The van der Waals surface area contributed by atoms with Gasteiger partial charge in [-0.1, -0.05) is 18.2 Å². The molecule has 0 radical (unpaired) electrons. The molecule has 0 aliphatic carbocycles. The molecule has 1 heterocycles. The van der Waals surface area contributed by atoms with Crippen LogP contribution in [0.25, 0.3) is 0 Å². The molecule has 76 valence electrons. The molecule has 3 heteroatoms. The Balaban J connectivity index is 2.13. The molecular formula is C11H14O3. The first kappa shape index (κ1) is 9.65. The third-order valence-electron chi connectivity index (χ3n) is 2.23. The van der Waals surface area contributed by atoms with Gasteiger partial charge in [0.2, 0.25) is 0 Å². The maximum atomic E-state index is 8.98. The van der Waals surface area contributed by atoms with E-state index in [0.717, 1.165) is 30.8 Å². The third kappa shape index (κ3) is 2.12. The molecule has 1 aromatic rings. The maximum absolute atomic E-state index is 8.98. The number of hydrogen-bond donors (Lipinski definition) is 1. The second-order valence-corrected chi connectivity index (χ2v) is 3.33. The van der Waals surface area contributed by atoms with E-state index in [1.807, 2.05) is 24.3 Å². The fourth-order valence-electron chi connectivity index (χ4n) is 1.52. The summed E-state index contributed by atoms with van der Waals surface area (Å²) in [4.78, 5) is 0. The Kier molecular flexibility index (Phi) is 3.14. The highest BCUT2D eigenvalue weighted by Gasteiger charge is 2.16. The van der Waals surface area contributed by atoms with Crippen molar-refractivity contribution in [1.82, 2.24) is 0 Å². The van der Waals surface area contributed by atoms with Crippen molar-refractivity contribution in [2.45, 2.75) is 19.3 Å². The summed E-state index contributed by atoms with van der Waals surface area (Å²) in [5.74, 6) is 0. The Hall–Kier alpha value is -0.900. The van der Waals surface area contributed by atoms with E-state index in [0.29, 0.717) is 0 Å². The van der Waals surface area contributed by atoms with Gasteiger partial charge in [0, 0.05) is 5.56 Å². The number of benzene rings is 1. The third-order valence-corrected chi connectivity index (χ3v) is 2.23. The summed E-state index contributed by atoms with van der Waals surface area (Å²) in [6.07, 6.45) is 0.700. The molecule has 1 N–H and O–H groups in total. The molecule has 1 aromatic carbocycles. The van der Waals surface area contributed by atoms with Gasteiger partial charge in [0.25, 0.3) is 0 Å². The lowest BCUT2D eigenvalue weighted by Crippen LogP contribution is -2.17. The normalized spacial score (nSPS) is 18.4. The van der Waals surface area contributed by atoms with Gasteiger partial charge < -0.3 is 14.6 Å². The summed E-state index contributed by atoms with van der Waals surface area (Å²) in [5, 5.41) is 8.98. The largest absolute Gasteiger partial charge is 0.392 e. The average molecular weight is 194 g/mol. The van der Waals surface area contributed by atoms with Crippen LogP contribution in [0, 0.1) is 0 Å². The van der Waals surface area contributed by atoms with E-state index in [-0.39, 0.29) is 12.9 Å². The Labute approximate surface area is 83.3 Å². The summed E-state index contributed by atoms with van der Waals surface area (Å²) < 4.78 is 10.9. The van der Waals surface area contributed by atoms with Gasteiger partial charge in [0.15, 0.2) is 6.29 Å². The second-order valence-electron chi connectivity index (χ2n) is 3.33. The van der Waals surface area contributed by atoms with Crippen LogP contribution in [0.2, 0.25) is 0 Å². The number of aliphatic hydroxyl groups is 1. The fraction of sp³-hybridized carbons (Fsp3) is 0.455. The topological polar surface area (TPSA) is 38.7 Å². The van der Waals surface area contributed by atoms with Crippen LogP contribution in [0.15, 0.2) is 24.3 Å². The molecule has 0 saturated carbocycles. The summed E-state index contributed by atoms with van der Waals surface area (Å²) in [7, 11) is 0. The van der Waals surface area contributed by atoms with Gasteiger partial charge in [0.05, 0.1) is 19.8 Å². The molecule has 1 fully saturated rings. The Morgan fingerprint density at radius 1 is 1.29 bits per heavy atom. The molecule has 1 aliphatic heterocycles. The lowest BCUT2D eigenvalue weighted by molar-refractivity contribution is -0.183. The lowest BCUT2D eigenvalue weighted by atomic mass is 10.1. The van der Waals surface area contributed by atoms with Crippen LogP contribution in [0.4, 0.5) is 0 Å². The number of ether oxygens (including phenoxy) is 2. The van der Waals surface area contributed by atoms with E-state index < -0.39 is 0 Å². The van der Waals surface area contributed by atoms with Gasteiger partial charge in [-0.3, -0.25) is 0 Å². The van der Waals surface area contributed by atoms with Crippen molar-refractivity contribution in [1.29, 1.82) is 0 Å². The zero-order valence-electron chi connectivity index (χ0n) is 7.98. The quantitative estimate of drug-likeness (QED) is 0.777. The zero-order valence-corrected chi connectivity index (χ0v) is 7.98. The standard InChI is InChI=1S/C11H14O3/c12-8-9-3-1-4-10(7-9)11-13-5-2-6-14-11/h1,3-4,7,11-12H,2,5-6,8H2. The fourth-order valence-corrected chi connectivity index (χ4v) is 1.52. The van der Waals surface area contributed by atoms with Crippen molar-refractivity contribution in [2.24, 2.45) is 0 Å². The minimum absolute atomic E-state index is 0.0561. The van der Waals surface area contributed by atoms with Gasteiger partial charge in [-0.2, -0.15) is 0 Å². The Bertz CT molecular complexity index is 292. The van der Waals surface area contributed by atoms with E-state index in [2.05, 4.69) is 0 Å². The minimum atomic E-state index is -0.254. The highest BCUT2D eigenvalue weighted by Crippen LogP contribution is 2.23. The Morgan fingerprint density at radius 3 is 2.79 bits per heavy atom. The number of hydrogen-bond acceptors (Lipinski definition) is 3. The summed E-state index contributed by atoms with van der Waals surface area (Å²) in [6, 6.07) is 7.65. The monoisotopic (exact) mass is 194 g/mol. The smallest absolute Gasteiger partial charge is 0.183 e. The lowest BCUT2D eigenvalue weighted by Gasteiger charge is -2.23. The van der Waals surface area contributed by atoms with Gasteiger partial charge in [0.1, 0.15) is 0 Å². The first-order valence-corrected chi connectivity index (χ1v) is 4.83. The molecule has 0 bridgehead atoms. The molecule has 0 amide bonds. The summed E-state index contributed by atoms with van der Waals surface area (Å²) in [6.45, 7) is 1.54. The predicted octanol–water partition coefficient (Wildman–Crippen LogP) is 1.61. The Morgan fingerprint density at radius 2 is 2.07 bits per heavy atom. The SMILES string of the molecule is OCc1cccc(C2OCCCO2)c1. The molecule has 2 rings (SSSR count). The van der Waals surface area contributed by atoms with Gasteiger partial charge in [-0.05, 0) is 18.1 Å². The van der Waals surface area contributed by atoms with Crippen molar-refractivity contribution in [3.8, 4) is 0 Å². The molecule has 0 aromatic heterocycles. The molecule has 14 heavy (non-hydrogen) atoms. The molecular weight excluding hydrogens is 180 g/mol. The van der Waals surface area contributed by atoms with Crippen molar-refractivity contribution in [3.05, 3.63) is 35.4 Å². The van der Waals surface area contributed by atoms with E-state index >= 15 is 0 Å². The highest BCUT2D eigenvalue weighted by atomic mass is 16.7. The first-order valence-electron chi connectivity index (χ1n) is 4.83. The zero-order chi connectivity index (χ0) is 9.80. The van der Waals surface area contributed by atoms with E-state index in [4.69, 9.17) is 14.6 Å². The molecule has 0 unspecified atom stereocenters. The molecule has 1 saturated heterocycles. The number of rotatable bonds is 2. The van der Waals surface area contributed by atoms with E-state index in [1.54, 1.807) is 0 Å². The van der Waals surface area contributed by atoms with E-state index in [1.165, 1.54) is 0 Å². The van der Waals surface area contributed by atoms with Crippen LogP contribution in [0.1, 0.15) is 23.8 Å². The highest BCUT2D eigenvalue weighted by molar-refractivity contribution is 5.23. The maximum Gasteiger partial charge on any atom is 0.183 e. The second kappa shape index (κ2) is 4.55. The van der Waals surface area contributed by atoms with Crippen LogP contribution in [-0.4, -0.2) is 18.3 Å². The average Bonchev–Trinajstić information content (AvgIpc) is 2.30. The van der Waals surface area contributed by atoms with Gasteiger partial charge in [-0.25, -0.2) is 0 Å². The van der Waals surface area contributed by atoms with Crippen molar-refractivity contribution >= 4 is 0 Å². The van der Waals surface area contributed by atoms with Crippen LogP contribution >= 0.6 is 0 Å². The summed E-state index contributed by atoms with van der Waals surface area (Å²) >= 11 is 0. The molecule has 3 nitrogen and oxygen atoms in total. The van der Waals surface area contributed by atoms with Gasteiger partial charge in [-0.15, -0.1) is 0 Å². The predicted molar refractivity (Wildman–Crippen MR) is 51.6 cm³/mol. The van der Waals surface area contributed by atoms with Crippen LogP contribution in [-0.2, 0) is 16.1 Å².